The molecule has 6 nitrogen and oxygen atoms in total. The van der Waals surface area contributed by atoms with Crippen molar-refractivity contribution in [1.29, 1.82) is 5.41 Å². The third-order valence-electron chi connectivity index (χ3n) is 2.19. The van der Waals surface area contributed by atoms with Crippen LogP contribution in [0.4, 0.5) is 0 Å². The summed E-state index contributed by atoms with van der Waals surface area (Å²) >= 11 is 0. The topological polar surface area (TPSA) is 113 Å². The van der Waals surface area contributed by atoms with Gasteiger partial charge >= 0.3 is 5.97 Å². The quantitative estimate of drug-likeness (QED) is 0.383. The van der Waals surface area contributed by atoms with Crippen LogP contribution in [0.5, 0.6) is 5.75 Å². The molecule has 0 aliphatic carbocycles. The van der Waals surface area contributed by atoms with Gasteiger partial charge in [0.25, 0.3) is 0 Å². The zero-order valence-electron chi connectivity index (χ0n) is 9.19. The molecule has 0 atom stereocenters. The molecular weight excluding hydrogens is 224 g/mol. The molecule has 0 aliphatic heterocycles. The molecule has 0 saturated heterocycles. The van der Waals surface area contributed by atoms with Gasteiger partial charge < -0.3 is 15.6 Å². The van der Waals surface area contributed by atoms with Crippen LogP contribution in [0.3, 0.4) is 0 Å². The number of carbonyl (C=O) groups is 2. The maximum atomic E-state index is 11.1. The Kier molecular flexibility index (Phi) is 3.82. The lowest BCUT2D eigenvalue weighted by atomic mass is 10.0. The van der Waals surface area contributed by atoms with E-state index in [-0.39, 0.29) is 12.3 Å². The van der Waals surface area contributed by atoms with Crippen molar-refractivity contribution in [3.05, 3.63) is 29.3 Å². The summed E-state index contributed by atoms with van der Waals surface area (Å²) in [6, 6.07) is 4.55. The average Bonchev–Trinajstić information content (AvgIpc) is 2.28. The Morgan fingerprint density at radius 1 is 1.47 bits per heavy atom. The fourth-order valence-electron chi connectivity index (χ4n) is 1.31. The summed E-state index contributed by atoms with van der Waals surface area (Å²) in [5.74, 6) is -2.19. The lowest BCUT2D eigenvalue weighted by Crippen LogP contribution is -2.16. The maximum Gasteiger partial charge on any atom is 0.372 e. The number of methoxy groups -OCH3 is 1. The zero-order chi connectivity index (χ0) is 13.0. The second-order valence-electron chi connectivity index (χ2n) is 3.35. The Bertz CT molecular complexity index is 482. The number of Topliss-reactive ketones (excluding diaryl/α,β-unsaturated/α-hetero) is 1. The number of nitrogens with one attached hydrogen (secondary N) is 1. The molecule has 0 radical (unpaired) electrons. The molecule has 17 heavy (non-hydrogen) atoms. The van der Waals surface area contributed by atoms with Crippen LogP contribution in [-0.2, 0) is 16.0 Å². The molecule has 1 aromatic rings. The van der Waals surface area contributed by atoms with Crippen LogP contribution in [0, 0.1) is 5.41 Å². The zero-order valence-corrected chi connectivity index (χ0v) is 9.19. The molecule has 6 heteroatoms. The van der Waals surface area contributed by atoms with Gasteiger partial charge in [-0.05, 0) is 6.07 Å². The number of carbonyl (C=O) groups excluding carboxylic acids is 1. The van der Waals surface area contributed by atoms with Gasteiger partial charge in [-0.1, -0.05) is 12.1 Å². The Morgan fingerprint density at radius 3 is 2.59 bits per heavy atom. The van der Waals surface area contributed by atoms with Crippen LogP contribution in [0.25, 0.3) is 0 Å². The number of benzene rings is 1. The summed E-state index contributed by atoms with van der Waals surface area (Å²) in [7, 11) is 1.40. The second kappa shape index (κ2) is 5.11. The van der Waals surface area contributed by atoms with Crippen LogP contribution in [0.1, 0.15) is 11.1 Å². The summed E-state index contributed by atoms with van der Waals surface area (Å²) in [5, 5.41) is 15.8. The number of hydrogen-bond donors (Lipinski definition) is 3. The first-order valence-corrected chi connectivity index (χ1v) is 4.73. The van der Waals surface area contributed by atoms with Gasteiger partial charge in [-0.25, -0.2) is 4.79 Å². The maximum absolute atomic E-state index is 11.1. The Balaban J connectivity index is 3.05. The summed E-state index contributed by atoms with van der Waals surface area (Å²) in [5.41, 5.74) is 6.20. The third-order valence-corrected chi connectivity index (χ3v) is 2.19. The SMILES string of the molecule is COc1cc(C(=N)N)ccc1CC(=O)C(=O)O. The summed E-state index contributed by atoms with van der Waals surface area (Å²) < 4.78 is 5.02. The third kappa shape index (κ3) is 3.04. The number of hydrogen-bond acceptors (Lipinski definition) is 4. The molecule has 0 bridgehead atoms. The lowest BCUT2D eigenvalue weighted by Gasteiger charge is -2.08. The monoisotopic (exact) mass is 236 g/mol. The highest BCUT2D eigenvalue weighted by Crippen LogP contribution is 2.20. The first kappa shape index (κ1) is 12.7. The molecule has 0 aromatic heterocycles. The minimum atomic E-state index is -1.48. The van der Waals surface area contributed by atoms with Crippen molar-refractivity contribution in [2.75, 3.05) is 7.11 Å². The van der Waals surface area contributed by atoms with Gasteiger partial charge in [0.1, 0.15) is 11.6 Å². The van der Waals surface area contributed by atoms with Gasteiger partial charge in [-0.3, -0.25) is 10.2 Å². The number of carboxylic acids is 1. The van der Waals surface area contributed by atoms with Gasteiger partial charge in [-0.2, -0.15) is 0 Å². The lowest BCUT2D eigenvalue weighted by molar-refractivity contribution is -0.148. The first-order chi connectivity index (χ1) is 7.95. The van der Waals surface area contributed by atoms with Gasteiger partial charge in [0.2, 0.25) is 5.78 Å². The van der Waals surface area contributed by atoms with E-state index in [0.717, 1.165) is 0 Å². The molecule has 0 fully saturated rings. The smallest absolute Gasteiger partial charge is 0.372 e. The second-order valence-corrected chi connectivity index (χ2v) is 3.35. The number of nitrogen functional groups attached to an aromatic ring is 1. The number of amidine groups is 1. The van der Waals surface area contributed by atoms with Gasteiger partial charge in [-0.15, -0.1) is 0 Å². The van der Waals surface area contributed by atoms with Crippen molar-refractivity contribution in [3.63, 3.8) is 0 Å². The van der Waals surface area contributed by atoms with Crippen LogP contribution >= 0.6 is 0 Å². The summed E-state index contributed by atoms with van der Waals surface area (Å²) in [4.78, 5) is 21.5. The summed E-state index contributed by atoms with van der Waals surface area (Å²) in [6.07, 6.45) is -0.253. The van der Waals surface area contributed by atoms with E-state index in [1.54, 1.807) is 0 Å². The van der Waals surface area contributed by atoms with Crippen molar-refractivity contribution < 1.29 is 19.4 Å². The molecule has 4 N–H and O–H groups in total. The van der Waals surface area contributed by atoms with E-state index < -0.39 is 11.8 Å². The van der Waals surface area contributed by atoms with E-state index in [9.17, 15) is 9.59 Å². The van der Waals surface area contributed by atoms with Crippen LogP contribution < -0.4 is 10.5 Å². The molecule has 0 heterocycles. The normalized spacial score (nSPS) is 9.71. The summed E-state index contributed by atoms with van der Waals surface area (Å²) in [6.45, 7) is 0. The van der Waals surface area contributed by atoms with E-state index in [1.165, 1.54) is 25.3 Å². The van der Waals surface area contributed by atoms with Crippen LogP contribution in [0.2, 0.25) is 0 Å². The highest BCUT2D eigenvalue weighted by molar-refractivity contribution is 6.33. The minimum Gasteiger partial charge on any atom is -0.496 e. The predicted molar refractivity (Wildman–Crippen MR) is 60.4 cm³/mol. The van der Waals surface area contributed by atoms with Gasteiger partial charge in [0, 0.05) is 17.5 Å². The minimum absolute atomic E-state index is 0.126. The van der Waals surface area contributed by atoms with Gasteiger partial charge in [0.05, 0.1) is 7.11 Å². The Hall–Kier alpha value is -2.37. The molecule has 0 saturated carbocycles. The fourth-order valence-corrected chi connectivity index (χ4v) is 1.31. The van der Waals surface area contributed by atoms with Gasteiger partial charge in [0.15, 0.2) is 0 Å². The highest BCUT2D eigenvalue weighted by Gasteiger charge is 2.15. The van der Waals surface area contributed by atoms with Crippen molar-refractivity contribution in [2.45, 2.75) is 6.42 Å². The number of nitrogens with two attached hydrogens (primary N) is 1. The molecule has 0 unspecified atom stereocenters. The van der Waals surface area contributed by atoms with Crippen molar-refractivity contribution in [1.82, 2.24) is 0 Å². The fraction of sp³-hybridized carbons (Fsp3) is 0.182. The number of carboxylic acid groups (broad SMARTS) is 1. The van der Waals surface area contributed by atoms with Crippen molar-refractivity contribution in [3.8, 4) is 5.75 Å². The molecular formula is C11H12N2O4. The van der Waals surface area contributed by atoms with Crippen LogP contribution in [-0.4, -0.2) is 29.8 Å². The Labute approximate surface area is 97.5 Å². The van der Waals surface area contributed by atoms with Crippen molar-refractivity contribution >= 4 is 17.6 Å². The van der Waals surface area contributed by atoms with E-state index in [1.807, 2.05) is 0 Å². The number of aliphatic carboxylic acids is 1. The molecule has 0 aliphatic rings. The van der Waals surface area contributed by atoms with Crippen molar-refractivity contribution in [2.24, 2.45) is 5.73 Å². The van der Waals surface area contributed by atoms with E-state index in [0.29, 0.717) is 16.9 Å². The van der Waals surface area contributed by atoms with E-state index in [2.05, 4.69) is 0 Å². The van der Waals surface area contributed by atoms with E-state index >= 15 is 0 Å². The number of ketones is 1. The molecule has 1 aromatic carbocycles. The first-order valence-electron chi connectivity index (χ1n) is 4.73. The molecule has 1 rings (SSSR count). The largest absolute Gasteiger partial charge is 0.496 e. The molecule has 90 valence electrons. The Morgan fingerprint density at radius 2 is 2.12 bits per heavy atom. The number of rotatable bonds is 5. The highest BCUT2D eigenvalue weighted by atomic mass is 16.5. The number of ether oxygens (including phenoxy) is 1. The van der Waals surface area contributed by atoms with Crippen LogP contribution in [0.15, 0.2) is 18.2 Å². The standard InChI is InChI=1S/C11H12N2O4/c1-17-9-5-7(10(12)13)3-2-6(9)4-8(14)11(15)16/h2-3,5H,4H2,1H3,(H3,12,13)(H,15,16). The molecule has 0 amide bonds. The predicted octanol–water partition coefficient (Wildman–Crippen LogP) is 0.175. The average molecular weight is 236 g/mol. The van der Waals surface area contributed by atoms with E-state index in [4.69, 9.17) is 21.0 Å². The molecule has 0 spiro atoms.